The van der Waals surface area contributed by atoms with Crippen LogP contribution in [0, 0.1) is 0 Å². The molecule has 1 atom stereocenters. The summed E-state index contributed by atoms with van der Waals surface area (Å²) < 4.78 is 0. The van der Waals surface area contributed by atoms with E-state index in [1.54, 1.807) is 0 Å². The lowest BCUT2D eigenvalue weighted by Gasteiger charge is -2.27. The molecule has 0 aromatic carbocycles. The maximum atomic E-state index is 5.92. The van der Waals surface area contributed by atoms with Gasteiger partial charge in [-0.15, -0.1) is 0 Å². The molecular weight excluding hydrogens is 200 g/mol. The molecule has 0 bridgehead atoms. The van der Waals surface area contributed by atoms with Gasteiger partial charge >= 0.3 is 0 Å². The minimum absolute atomic E-state index is 0.548. The number of unbranched alkanes of at least 4 members (excludes halogenated alkanes) is 2. The van der Waals surface area contributed by atoms with Gasteiger partial charge in [0, 0.05) is 13.1 Å². The first-order valence-corrected chi connectivity index (χ1v) is 6.36. The van der Waals surface area contributed by atoms with Crippen molar-refractivity contribution in [3.8, 4) is 0 Å². The predicted molar refractivity (Wildman–Crippen MR) is 69.7 cm³/mol. The molecule has 0 spiro atoms. The Bertz CT molecular complexity index is 225. The minimum Gasteiger partial charge on any atom is -0.370 e. The summed E-state index contributed by atoms with van der Waals surface area (Å²) in [4.78, 5) is 8.82. The average molecular weight is 226 g/mol. The van der Waals surface area contributed by atoms with Crippen LogP contribution in [0.5, 0.6) is 0 Å². The van der Waals surface area contributed by atoms with E-state index in [9.17, 15) is 0 Å². The molecule has 94 valence electrons. The van der Waals surface area contributed by atoms with Crippen LogP contribution >= 0.6 is 0 Å². The smallest absolute Gasteiger partial charge is 0.191 e. The molecule has 4 nitrogen and oxygen atoms in total. The second-order valence-corrected chi connectivity index (χ2v) is 4.85. The summed E-state index contributed by atoms with van der Waals surface area (Å²) in [6.45, 7) is 5.17. The van der Waals surface area contributed by atoms with Crippen molar-refractivity contribution in [1.82, 2.24) is 9.80 Å². The Morgan fingerprint density at radius 2 is 2.19 bits per heavy atom. The summed E-state index contributed by atoms with van der Waals surface area (Å²) in [5, 5.41) is 0. The van der Waals surface area contributed by atoms with Gasteiger partial charge in [-0.2, -0.15) is 0 Å². The average Bonchev–Trinajstić information content (AvgIpc) is 2.57. The lowest BCUT2D eigenvalue weighted by molar-refractivity contribution is 0.276. The number of aliphatic imine (C=N–C) groups is 1. The lowest BCUT2D eigenvalue weighted by Crippen LogP contribution is -2.44. The number of hydrogen-bond acceptors (Lipinski definition) is 4. The van der Waals surface area contributed by atoms with Crippen molar-refractivity contribution in [2.24, 2.45) is 10.7 Å². The summed E-state index contributed by atoms with van der Waals surface area (Å²) in [7, 11) is 4.19. The van der Waals surface area contributed by atoms with Crippen molar-refractivity contribution < 1.29 is 0 Å². The van der Waals surface area contributed by atoms with Gasteiger partial charge in [-0.25, -0.2) is 0 Å². The number of nitrogens with two attached hydrogens (primary N) is 1. The fourth-order valence-corrected chi connectivity index (χ4v) is 2.06. The number of hydrogen-bond donors (Lipinski definition) is 1. The molecule has 1 unspecified atom stereocenters. The van der Waals surface area contributed by atoms with Crippen molar-refractivity contribution >= 4 is 5.96 Å². The highest BCUT2D eigenvalue weighted by atomic mass is 15.3. The molecule has 2 N–H and O–H groups in total. The van der Waals surface area contributed by atoms with Crippen molar-refractivity contribution in [3.63, 3.8) is 0 Å². The number of rotatable bonds is 7. The highest BCUT2D eigenvalue weighted by molar-refractivity contribution is 5.80. The standard InChI is InChI=1S/C12H26N4/c1-4-5-6-7-11-10-14-12(13)16(11)9-8-15(2)3/h11H,4-10H2,1-3H3,(H2,13,14). The van der Waals surface area contributed by atoms with Crippen LogP contribution in [0.4, 0.5) is 0 Å². The van der Waals surface area contributed by atoms with Gasteiger partial charge < -0.3 is 15.5 Å². The number of likely N-dealkylation sites (N-methyl/N-ethyl adjacent to an activating group) is 1. The zero-order valence-corrected chi connectivity index (χ0v) is 10.9. The van der Waals surface area contributed by atoms with Crippen LogP contribution in [0.1, 0.15) is 32.6 Å². The van der Waals surface area contributed by atoms with Crippen molar-refractivity contribution in [3.05, 3.63) is 0 Å². The van der Waals surface area contributed by atoms with Crippen LogP contribution in [0.3, 0.4) is 0 Å². The third-order valence-corrected chi connectivity index (χ3v) is 3.13. The topological polar surface area (TPSA) is 44.9 Å². The van der Waals surface area contributed by atoms with E-state index in [-0.39, 0.29) is 0 Å². The van der Waals surface area contributed by atoms with Crippen LogP contribution in [-0.2, 0) is 0 Å². The van der Waals surface area contributed by atoms with E-state index in [4.69, 9.17) is 5.73 Å². The summed E-state index contributed by atoms with van der Waals surface area (Å²) in [6.07, 6.45) is 5.12. The van der Waals surface area contributed by atoms with Crippen LogP contribution in [0.15, 0.2) is 4.99 Å². The Morgan fingerprint density at radius 3 is 2.81 bits per heavy atom. The Balaban J connectivity index is 2.33. The zero-order chi connectivity index (χ0) is 12.0. The molecule has 0 radical (unpaired) electrons. The van der Waals surface area contributed by atoms with E-state index < -0.39 is 0 Å². The lowest BCUT2D eigenvalue weighted by atomic mass is 10.1. The Kier molecular flexibility index (Phi) is 5.60. The van der Waals surface area contributed by atoms with Crippen LogP contribution < -0.4 is 5.73 Å². The van der Waals surface area contributed by atoms with E-state index in [0.29, 0.717) is 6.04 Å². The molecule has 1 aliphatic heterocycles. The monoisotopic (exact) mass is 226 g/mol. The summed E-state index contributed by atoms with van der Waals surface area (Å²) in [5.74, 6) is 0.739. The molecular formula is C12H26N4. The first-order chi connectivity index (χ1) is 7.65. The van der Waals surface area contributed by atoms with E-state index in [2.05, 4.69) is 35.8 Å². The molecule has 0 saturated heterocycles. The molecule has 1 heterocycles. The van der Waals surface area contributed by atoms with Crippen LogP contribution in [0.25, 0.3) is 0 Å². The summed E-state index contributed by atoms with van der Waals surface area (Å²) in [5.41, 5.74) is 5.92. The van der Waals surface area contributed by atoms with Crippen molar-refractivity contribution in [2.75, 3.05) is 33.7 Å². The molecule has 0 amide bonds. The highest BCUT2D eigenvalue weighted by Crippen LogP contribution is 2.15. The normalized spacial score (nSPS) is 20.6. The first-order valence-electron chi connectivity index (χ1n) is 6.36. The third kappa shape index (κ3) is 4.00. The number of guanidine groups is 1. The van der Waals surface area contributed by atoms with Gasteiger partial charge in [0.2, 0.25) is 0 Å². The SMILES string of the molecule is CCCCCC1CN=C(N)N1CCN(C)C. The van der Waals surface area contributed by atoms with Gasteiger partial charge in [0.1, 0.15) is 0 Å². The van der Waals surface area contributed by atoms with E-state index in [0.717, 1.165) is 25.6 Å². The summed E-state index contributed by atoms with van der Waals surface area (Å²) in [6, 6.07) is 0.548. The fourth-order valence-electron chi connectivity index (χ4n) is 2.06. The molecule has 1 aliphatic rings. The largest absolute Gasteiger partial charge is 0.370 e. The van der Waals surface area contributed by atoms with Gasteiger partial charge in [0.15, 0.2) is 5.96 Å². The maximum absolute atomic E-state index is 5.92. The highest BCUT2D eigenvalue weighted by Gasteiger charge is 2.24. The molecule has 0 aromatic rings. The van der Waals surface area contributed by atoms with Gasteiger partial charge in [-0.05, 0) is 20.5 Å². The zero-order valence-electron chi connectivity index (χ0n) is 10.9. The third-order valence-electron chi connectivity index (χ3n) is 3.13. The maximum Gasteiger partial charge on any atom is 0.191 e. The van der Waals surface area contributed by atoms with Crippen molar-refractivity contribution in [1.29, 1.82) is 0 Å². The second-order valence-electron chi connectivity index (χ2n) is 4.85. The van der Waals surface area contributed by atoms with Crippen molar-refractivity contribution in [2.45, 2.75) is 38.6 Å². The van der Waals surface area contributed by atoms with E-state index >= 15 is 0 Å². The van der Waals surface area contributed by atoms with Gasteiger partial charge in [-0.3, -0.25) is 4.99 Å². The number of nitrogens with zero attached hydrogens (tertiary/aromatic N) is 3. The van der Waals surface area contributed by atoms with Crippen LogP contribution in [0.2, 0.25) is 0 Å². The van der Waals surface area contributed by atoms with Crippen LogP contribution in [-0.4, -0.2) is 55.5 Å². The Labute approximate surface area is 99.5 Å². The quantitative estimate of drug-likeness (QED) is 0.662. The summed E-state index contributed by atoms with van der Waals surface area (Å²) >= 11 is 0. The minimum atomic E-state index is 0.548. The van der Waals surface area contributed by atoms with Gasteiger partial charge in [0.05, 0.1) is 12.6 Å². The fraction of sp³-hybridized carbons (Fsp3) is 0.917. The molecule has 16 heavy (non-hydrogen) atoms. The molecule has 0 saturated carbocycles. The van der Waals surface area contributed by atoms with E-state index in [1.165, 1.54) is 25.7 Å². The molecule has 1 rings (SSSR count). The van der Waals surface area contributed by atoms with Gasteiger partial charge in [-0.1, -0.05) is 26.2 Å². The predicted octanol–water partition coefficient (Wildman–Crippen LogP) is 1.13. The molecule has 0 aromatic heterocycles. The first kappa shape index (κ1) is 13.3. The Morgan fingerprint density at radius 1 is 1.44 bits per heavy atom. The molecule has 4 heteroatoms. The Hall–Kier alpha value is -0.770. The van der Waals surface area contributed by atoms with E-state index in [1.807, 2.05) is 0 Å². The molecule has 0 fully saturated rings. The van der Waals surface area contributed by atoms with Gasteiger partial charge in [0.25, 0.3) is 0 Å². The molecule has 0 aliphatic carbocycles. The second kappa shape index (κ2) is 6.74.